The molecule has 2 N–H and O–H groups in total. The molecule has 0 fully saturated rings. The summed E-state index contributed by atoms with van der Waals surface area (Å²) in [5.41, 5.74) is 6.35. The monoisotopic (exact) mass is 577 g/mol. The molecule has 3 rings (SSSR count). The molecule has 0 aliphatic rings. The molecule has 1 heterocycles. The predicted octanol–water partition coefficient (Wildman–Crippen LogP) is 4.43. The topological polar surface area (TPSA) is 116 Å². The lowest BCUT2D eigenvalue weighted by Gasteiger charge is -2.30. The number of fused-ring (bicyclic) bond motifs is 1. The summed E-state index contributed by atoms with van der Waals surface area (Å²) >= 11 is 13.0. The maximum Gasteiger partial charge on any atom is 0.450 e. The van der Waals surface area contributed by atoms with Crippen LogP contribution in [0, 0.1) is 0 Å². The van der Waals surface area contributed by atoms with Gasteiger partial charge in [-0.3, -0.25) is 23.9 Å². The molecule has 37 heavy (non-hydrogen) atoms. The molecule has 0 unspecified atom stereocenters. The van der Waals surface area contributed by atoms with Gasteiger partial charge < -0.3 is 10.2 Å². The van der Waals surface area contributed by atoms with Gasteiger partial charge in [-0.2, -0.15) is 24.9 Å². The Morgan fingerprint density at radius 2 is 1.76 bits per heavy atom. The number of carbonyl (C=O) groups excluding carboxylic acids is 3. The number of ketones is 1. The molecule has 198 valence electrons. The van der Waals surface area contributed by atoms with E-state index in [1.165, 1.54) is 18.2 Å². The number of alkyl halides is 3. The molecule has 2 amide bonds. The number of para-hydroxylation sites is 2. The highest BCUT2D eigenvalue weighted by molar-refractivity contribution is 7.99. The number of Topliss-reactive ketones (excluding diaryl/α,β-unsaturated/α-hetero) is 1. The zero-order valence-corrected chi connectivity index (χ0v) is 21.3. The molecule has 8 nitrogen and oxygen atoms in total. The number of hydrogen-bond acceptors (Lipinski definition) is 6. The third kappa shape index (κ3) is 7.30. The number of amides is 2. The van der Waals surface area contributed by atoms with E-state index in [0.717, 1.165) is 21.2 Å². The number of halogens is 5. The third-order valence-corrected chi connectivity index (χ3v) is 6.70. The maximum absolute atomic E-state index is 13.5. The second-order valence-corrected chi connectivity index (χ2v) is 9.83. The van der Waals surface area contributed by atoms with Gasteiger partial charge in [0.05, 0.1) is 11.3 Å². The average molecular weight is 578 g/mol. The van der Waals surface area contributed by atoms with Crippen LogP contribution in [0.15, 0.2) is 51.7 Å². The predicted molar refractivity (Wildman–Crippen MR) is 135 cm³/mol. The quantitative estimate of drug-likeness (QED) is 0.337. The Morgan fingerprint density at radius 1 is 1.11 bits per heavy atom. The van der Waals surface area contributed by atoms with Crippen molar-refractivity contribution in [1.82, 2.24) is 4.57 Å². The van der Waals surface area contributed by atoms with Gasteiger partial charge in [0, 0.05) is 15.7 Å². The van der Waals surface area contributed by atoms with Crippen LogP contribution in [0.4, 0.5) is 18.9 Å². The van der Waals surface area contributed by atoms with Crippen LogP contribution < -0.4 is 16.4 Å². The highest BCUT2D eigenvalue weighted by atomic mass is 35.5. The van der Waals surface area contributed by atoms with Crippen molar-refractivity contribution >= 4 is 69.3 Å². The largest absolute Gasteiger partial charge is 0.450 e. The molecular weight excluding hydrogens is 558 g/mol. The zero-order valence-electron chi connectivity index (χ0n) is 19.0. The van der Waals surface area contributed by atoms with Crippen LogP contribution in [0.1, 0.15) is 12.8 Å². The van der Waals surface area contributed by atoms with Gasteiger partial charge in [0.2, 0.25) is 17.6 Å². The highest BCUT2D eigenvalue weighted by Crippen LogP contribution is 2.29. The molecule has 2 aromatic carbocycles. The first kappa shape index (κ1) is 28.6. The van der Waals surface area contributed by atoms with E-state index < -0.39 is 47.9 Å². The van der Waals surface area contributed by atoms with E-state index in [2.05, 4.69) is 0 Å². The number of thioether (sulfide) groups is 1. The zero-order chi connectivity index (χ0) is 27.3. The van der Waals surface area contributed by atoms with E-state index in [-0.39, 0.29) is 39.9 Å². The Kier molecular flexibility index (Phi) is 9.32. The second-order valence-electron chi connectivity index (χ2n) is 7.85. The van der Waals surface area contributed by atoms with Crippen molar-refractivity contribution in [1.29, 1.82) is 0 Å². The summed E-state index contributed by atoms with van der Waals surface area (Å²) in [6.07, 6.45) is -4.82. The summed E-state index contributed by atoms with van der Waals surface area (Å²) in [5, 5.41) is 0.325. The van der Waals surface area contributed by atoms with Crippen LogP contribution in [0.25, 0.3) is 11.1 Å². The van der Waals surface area contributed by atoms with Gasteiger partial charge in [-0.1, -0.05) is 35.3 Å². The lowest BCUT2D eigenvalue weighted by Crippen LogP contribution is -2.50. The highest BCUT2D eigenvalue weighted by Gasteiger charge is 2.37. The Bertz CT molecular complexity index is 1360. The van der Waals surface area contributed by atoms with Crippen molar-refractivity contribution in [2.24, 2.45) is 5.73 Å². The molecule has 0 saturated heterocycles. The Morgan fingerprint density at radius 3 is 2.38 bits per heavy atom. The fourth-order valence-corrected chi connectivity index (χ4v) is 4.95. The van der Waals surface area contributed by atoms with Gasteiger partial charge in [0.15, 0.2) is 5.58 Å². The number of aromatic nitrogens is 1. The molecule has 1 aromatic heterocycles. The summed E-state index contributed by atoms with van der Waals surface area (Å²) in [6, 6.07) is 9.37. The molecule has 1 atom stereocenters. The van der Waals surface area contributed by atoms with E-state index in [1.54, 1.807) is 24.3 Å². The van der Waals surface area contributed by atoms with Gasteiger partial charge in [-0.25, -0.2) is 4.79 Å². The summed E-state index contributed by atoms with van der Waals surface area (Å²) < 4.78 is 43.5. The summed E-state index contributed by atoms with van der Waals surface area (Å²) in [5.74, 6) is -4.95. The van der Waals surface area contributed by atoms with Crippen molar-refractivity contribution in [3.63, 3.8) is 0 Å². The van der Waals surface area contributed by atoms with Gasteiger partial charge in [0.25, 0.3) is 0 Å². The van der Waals surface area contributed by atoms with Crippen molar-refractivity contribution in [2.75, 3.05) is 16.4 Å². The third-order valence-electron chi connectivity index (χ3n) is 5.22. The lowest BCUT2D eigenvalue weighted by molar-refractivity contribution is -0.167. The normalized spacial score (nSPS) is 12.5. The Balaban J connectivity index is 1.86. The lowest BCUT2D eigenvalue weighted by atomic mass is 10.1. The summed E-state index contributed by atoms with van der Waals surface area (Å²) in [7, 11) is 0. The smallest absolute Gasteiger partial charge is 0.408 e. The number of nitrogens with two attached hydrogens (primary N) is 1. The van der Waals surface area contributed by atoms with Gasteiger partial charge in [-0.05, 0) is 48.9 Å². The van der Waals surface area contributed by atoms with E-state index >= 15 is 0 Å². The van der Waals surface area contributed by atoms with Crippen molar-refractivity contribution in [3.05, 3.63) is 63.1 Å². The minimum Gasteiger partial charge on any atom is -0.408 e. The molecular formula is C23H20Cl2F3N3O5S. The first-order valence-corrected chi connectivity index (χ1v) is 12.6. The van der Waals surface area contributed by atoms with Gasteiger partial charge >= 0.3 is 11.9 Å². The summed E-state index contributed by atoms with van der Waals surface area (Å²) in [4.78, 5) is 50.5. The molecule has 3 aromatic rings. The van der Waals surface area contributed by atoms with Crippen LogP contribution in [-0.2, 0) is 20.9 Å². The van der Waals surface area contributed by atoms with E-state index in [1.807, 2.05) is 0 Å². The van der Waals surface area contributed by atoms with Crippen molar-refractivity contribution in [2.45, 2.75) is 31.6 Å². The average Bonchev–Trinajstić information content (AvgIpc) is 3.11. The number of primary amides is 1. The van der Waals surface area contributed by atoms with Crippen molar-refractivity contribution in [3.8, 4) is 0 Å². The van der Waals surface area contributed by atoms with E-state index in [0.29, 0.717) is 5.52 Å². The Labute approximate surface area is 222 Å². The van der Waals surface area contributed by atoms with Gasteiger partial charge in [0.1, 0.15) is 12.6 Å². The number of benzene rings is 2. The number of nitrogens with zero attached hydrogens (tertiary/aromatic N) is 2. The van der Waals surface area contributed by atoms with E-state index in [9.17, 15) is 32.3 Å². The minimum atomic E-state index is -4.92. The fraction of sp³-hybridized carbons (Fsp3) is 0.304. The van der Waals surface area contributed by atoms with Crippen LogP contribution in [0.2, 0.25) is 10.0 Å². The number of rotatable bonds is 11. The van der Waals surface area contributed by atoms with Crippen LogP contribution in [0.3, 0.4) is 0 Å². The van der Waals surface area contributed by atoms with Crippen LogP contribution in [0.5, 0.6) is 0 Å². The first-order chi connectivity index (χ1) is 17.4. The molecule has 0 saturated carbocycles. The number of anilines is 1. The standard InChI is InChI=1S/C23H20Cl2F3N3O5S/c24-13-8-14(25)10-15(9-13)31(17(21(29)34)5-3-7-37-12-19(32)23(26,27)28)20(33)11-30-16-4-1-2-6-18(16)36-22(30)35/h1-2,4,6,8-10,17H,3,5,7,11-12H2,(H2,29,34)/t17-/m0/s1. The maximum atomic E-state index is 13.5. The molecule has 0 bridgehead atoms. The summed E-state index contributed by atoms with van der Waals surface area (Å²) in [6.45, 7) is -0.515. The van der Waals surface area contributed by atoms with E-state index in [4.69, 9.17) is 33.4 Å². The first-order valence-electron chi connectivity index (χ1n) is 10.7. The second kappa shape index (κ2) is 12.1. The number of carbonyl (C=O) groups is 3. The van der Waals surface area contributed by atoms with Crippen LogP contribution >= 0.6 is 35.0 Å². The molecule has 14 heteroatoms. The van der Waals surface area contributed by atoms with Crippen molar-refractivity contribution < 1.29 is 32.0 Å². The number of oxazole rings is 1. The fourth-order valence-electron chi connectivity index (χ4n) is 3.58. The number of hydrogen-bond donors (Lipinski definition) is 1. The SMILES string of the molecule is NC(=O)[C@H](CCCSCC(=O)C(F)(F)F)N(C(=O)Cn1c(=O)oc2ccccc21)c1cc(Cl)cc(Cl)c1. The molecule has 0 aliphatic carbocycles. The Hall–Kier alpha value is -2.96. The molecule has 0 radical (unpaired) electrons. The minimum absolute atomic E-state index is 0.0422. The molecule has 0 aliphatic heterocycles. The molecule has 0 spiro atoms. The van der Waals surface area contributed by atoms with Gasteiger partial charge in [-0.15, -0.1) is 0 Å². The van der Waals surface area contributed by atoms with Crippen LogP contribution in [-0.4, -0.2) is 45.9 Å².